The van der Waals surface area contributed by atoms with Gasteiger partial charge in [-0.1, -0.05) is 31.7 Å². The quantitative estimate of drug-likeness (QED) is 0.625. The average molecular weight is 360 g/mol. The van der Waals surface area contributed by atoms with Crippen molar-refractivity contribution >= 4 is 23.5 Å². The van der Waals surface area contributed by atoms with Gasteiger partial charge in [-0.25, -0.2) is 4.79 Å². The molecule has 2 rings (SSSR count). The summed E-state index contributed by atoms with van der Waals surface area (Å²) in [7, 11) is 1.32. The number of methoxy groups -OCH3 is 1. The maximum Gasteiger partial charge on any atom is 0.337 e. The van der Waals surface area contributed by atoms with Gasteiger partial charge in [0.25, 0.3) is 0 Å². The Morgan fingerprint density at radius 3 is 2.46 bits per heavy atom. The van der Waals surface area contributed by atoms with Crippen LogP contribution in [0, 0.1) is 0 Å². The van der Waals surface area contributed by atoms with Crippen molar-refractivity contribution < 1.29 is 19.1 Å². The fourth-order valence-electron chi connectivity index (χ4n) is 3.32. The van der Waals surface area contributed by atoms with Gasteiger partial charge in [0.2, 0.25) is 11.8 Å². The number of carbonyl (C=O) groups excluding carboxylic acids is 3. The third-order valence-corrected chi connectivity index (χ3v) is 4.74. The fraction of sp³-hybridized carbons (Fsp3) is 0.550. The van der Waals surface area contributed by atoms with Gasteiger partial charge in [-0.05, 0) is 31.0 Å². The lowest BCUT2D eigenvalue weighted by Crippen LogP contribution is -2.38. The SMILES string of the molecule is COC(=O)c1cccc(N(CCC(=O)NC2CCCCCC2)C(C)=O)c1. The number of carbonyl (C=O) groups is 3. The summed E-state index contributed by atoms with van der Waals surface area (Å²) in [5, 5.41) is 3.09. The second kappa shape index (κ2) is 9.94. The first kappa shape index (κ1) is 19.9. The second-order valence-electron chi connectivity index (χ2n) is 6.72. The van der Waals surface area contributed by atoms with E-state index in [-0.39, 0.29) is 30.8 Å². The van der Waals surface area contributed by atoms with Crippen molar-refractivity contribution in [1.29, 1.82) is 0 Å². The van der Waals surface area contributed by atoms with Crippen LogP contribution in [0.1, 0.15) is 62.2 Å². The van der Waals surface area contributed by atoms with Gasteiger partial charge >= 0.3 is 5.97 Å². The summed E-state index contributed by atoms with van der Waals surface area (Å²) >= 11 is 0. The van der Waals surface area contributed by atoms with Crippen LogP contribution in [0.3, 0.4) is 0 Å². The van der Waals surface area contributed by atoms with Crippen LogP contribution in [0.15, 0.2) is 24.3 Å². The number of nitrogens with zero attached hydrogens (tertiary/aromatic N) is 1. The zero-order chi connectivity index (χ0) is 18.9. The van der Waals surface area contributed by atoms with Gasteiger partial charge in [0.1, 0.15) is 0 Å². The summed E-state index contributed by atoms with van der Waals surface area (Å²) < 4.78 is 4.72. The van der Waals surface area contributed by atoms with E-state index in [0.717, 1.165) is 25.7 Å². The Labute approximate surface area is 154 Å². The van der Waals surface area contributed by atoms with Crippen molar-refractivity contribution in [1.82, 2.24) is 5.32 Å². The number of anilines is 1. The van der Waals surface area contributed by atoms with Crippen molar-refractivity contribution in [3.63, 3.8) is 0 Å². The Hall–Kier alpha value is -2.37. The van der Waals surface area contributed by atoms with Gasteiger partial charge in [-0.3, -0.25) is 9.59 Å². The summed E-state index contributed by atoms with van der Waals surface area (Å²) in [6.07, 6.45) is 7.09. The molecule has 6 nitrogen and oxygen atoms in total. The molecule has 0 atom stereocenters. The molecular weight excluding hydrogens is 332 g/mol. The van der Waals surface area contributed by atoms with Crippen molar-refractivity contribution in [2.75, 3.05) is 18.6 Å². The van der Waals surface area contributed by atoms with E-state index in [1.54, 1.807) is 24.3 Å². The van der Waals surface area contributed by atoms with Gasteiger partial charge in [0, 0.05) is 31.6 Å². The molecule has 0 saturated heterocycles. The molecule has 1 aliphatic rings. The van der Waals surface area contributed by atoms with Crippen LogP contribution in [-0.4, -0.2) is 37.5 Å². The van der Waals surface area contributed by atoms with E-state index in [2.05, 4.69) is 5.32 Å². The molecule has 0 aliphatic heterocycles. The summed E-state index contributed by atoms with van der Waals surface area (Å²) in [5.41, 5.74) is 0.960. The van der Waals surface area contributed by atoms with Crippen LogP contribution in [0.25, 0.3) is 0 Å². The first-order chi connectivity index (χ1) is 12.5. The number of ether oxygens (including phenoxy) is 1. The van der Waals surface area contributed by atoms with E-state index in [1.807, 2.05) is 0 Å². The number of hydrogen-bond acceptors (Lipinski definition) is 4. The Balaban J connectivity index is 1.96. The third-order valence-electron chi connectivity index (χ3n) is 4.74. The van der Waals surface area contributed by atoms with Crippen LogP contribution in [0.4, 0.5) is 5.69 Å². The maximum absolute atomic E-state index is 12.3. The number of esters is 1. The van der Waals surface area contributed by atoms with E-state index in [9.17, 15) is 14.4 Å². The van der Waals surface area contributed by atoms with Crippen molar-refractivity contribution in [2.45, 2.75) is 57.9 Å². The summed E-state index contributed by atoms with van der Waals surface area (Å²) in [5.74, 6) is -0.664. The predicted molar refractivity (Wildman–Crippen MR) is 100 cm³/mol. The standard InChI is InChI=1S/C20H28N2O4/c1-15(23)22(18-11-7-8-16(14-18)20(25)26-2)13-12-19(24)21-17-9-5-3-4-6-10-17/h7-8,11,14,17H,3-6,9-10,12-13H2,1-2H3,(H,21,24). The van der Waals surface area contributed by atoms with E-state index < -0.39 is 5.97 Å². The van der Waals surface area contributed by atoms with Crippen LogP contribution < -0.4 is 10.2 Å². The molecule has 2 amide bonds. The molecule has 1 N–H and O–H groups in total. The molecule has 1 aromatic carbocycles. The van der Waals surface area contributed by atoms with Gasteiger partial charge in [0.05, 0.1) is 12.7 Å². The van der Waals surface area contributed by atoms with Crippen molar-refractivity contribution in [3.05, 3.63) is 29.8 Å². The summed E-state index contributed by atoms with van der Waals surface area (Å²) in [4.78, 5) is 37.5. The highest BCUT2D eigenvalue weighted by molar-refractivity contribution is 5.95. The fourth-order valence-corrected chi connectivity index (χ4v) is 3.32. The number of hydrogen-bond donors (Lipinski definition) is 1. The first-order valence-electron chi connectivity index (χ1n) is 9.27. The molecule has 142 valence electrons. The number of benzene rings is 1. The molecule has 0 aromatic heterocycles. The molecule has 0 spiro atoms. The van der Waals surface area contributed by atoms with E-state index in [1.165, 1.54) is 31.8 Å². The van der Waals surface area contributed by atoms with Crippen molar-refractivity contribution in [2.24, 2.45) is 0 Å². The highest BCUT2D eigenvalue weighted by Crippen LogP contribution is 2.19. The molecule has 1 aromatic rings. The number of amides is 2. The molecule has 0 bridgehead atoms. The number of rotatable bonds is 6. The Morgan fingerprint density at radius 1 is 1.15 bits per heavy atom. The van der Waals surface area contributed by atoms with Gasteiger partial charge in [0.15, 0.2) is 0 Å². The molecule has 1 saturated carbocycles. The molecule has 0 unspecified atom stereocenters. The largest absolute Gasteiger partial charge is 0.465 e. The Kier molecular flexibility index (Phi) is 7.63. The van der Waals surface area contributed by atoms with Gasteiger partial charge in [-0.15, -0.1) is 0 Å². The van der Waals surface area contributed by atoms with E-state index >= 15 is 0 Å². The predicted octanol–water partition coefficient (Wildman–Crippen LogP) is 3.06. The van der Waals surface area contributed by atoms with Crippen molar-refractivity contribution in [3.8, 4) is 0 Å². The first-order valence-corrected chi connectivity index (χ1v) is 9.27. The van der Waals surface area contributed by atoms with E-state index in [4.69, 9.17) is 4.74 Å². The number of nitrogens with one attached hydrogen (secondary N) is 1. The smallest absolute Gasteiger partial charge is 0.337 e. The highest BCUT2D eigenvalue weighted by atomic mass is 16.5. The second-order valence-corrected chi connectivity index (χ2v) is 6.72. The monoisotopic (exact) mass is 360 g/mol. The Morgan fingerprint density at radius 2 is 1.85 bits per heavy atom. The lowest BCUT2D eigenvalue weighted by Gasteiger charge is -2.22. The minimum absolute atomic E-state index is 0.0349. The Bertz CT molecular complexity index is 636. The summed E-state index contributed by atoms with van der Waals surface area (Å²) in [6, 6.07) is 6.93. The normalized spacial score (nSPS) is 15.0. The van der Waals surface area contributed by atoms with Crippen LogP contribution in [0.2, 0.25) is 0 Å². The minimum atomic E-state index is -0.457. The minimum Gasteiger partial charge on any atom is -0.465 e. The average Bonchev–Trinajstić information content (AvgIpc) is 2.89. The highest BCUT2D eigenvalue weighted by Gasteiger charge is 2.18. The molecule has 1 fully saturated rings. The summed E-state index contributed by atoms with van der Waals surface area (Å²) in [6.45, 7) is 1.73. The topological polar surface area (TPSA) is 75.7 Å². The zero-order valence-corrected chi connectivity index (χ0v) is 15.6. The maximum atomic E-state index is 12.3. The molecule has 26 heavy (non-hydrogen) atoms. The molecule has 0 heterocycles. The molecule has 0 radical (unpaired) electrons. The van der Waals surface area contributed by atoms with Crippen LogP contribution in [-0.2, 0) is 14.3 Å². The lowest BCUT2D eigenvalue weighted by atomic mass is 10.1. The van der Waals surface area contributed by atoms with Gasteiger partial charge in [-0.2, -0.15) is 0 Å². The zero-order valence-electron chi connectivity index (χ0n) is 15.6. The lowest BCUT2D eigenvalue weighted by molar-refractivity contribution is -0.121. The van der Waals surface area contributed by atoms with E-state index in [0.29, 0.717) is 11.3 Å². The molecular formula is C20H28N2O4. The van der Waals surface area contributed by atoms with Crippen LogP contribution in [0.5, 0.6) is 0 Å². The molecule has 1 aliphatic carbocycles. The third kappa shape index (κ3) is 5.86. The molecule has 6 heteroatoms. The van der Waals surface area contributed by atoms with Gasteiger partial charge < -0.3 is 15.0 Å². The van der Waals surface area contributed by atoms with Crippen LogP contribution >= 0.6 is 0 Å².